The van der Waals surface area contributed by atoms with E-state index in [1.807, 2.05) is 0 Å². The van der Waals surface area contributed by atoms with E-state index >= 15 is 0 Å². The molecule has 0 saturated carbocycles. The molecule has 0 aliphatic heterocycles. The van der Waals surface area contributed by atoms with Crippen molar-refractivity contribution in [3.05, 3.63) is 89.5 Å². The molecule has 4 aromatic rings. The average Bonchev–Trinajstić information content (AvgIpc) is 3.01. The Balaban J connectivity index is 1.79. The molecule has 0 bridgehead atoms. The Morgan fingerprint density at radius 3 is 2.23 bits per heavy atom. The van der Waals surface area contributed by atoms with Gasteiger partial charge in [-0.2, -0.15) is 0 Å². The van der Waals surface area contributed by atoms with Gasteiger partial charge in [-0.1, -0.05) is 80.1 Å². The molecule has 0 spiro atoms. The molecule has 0 amide bonds. The molecule has 0 atom stereocenters. The summed E-state index contributed by atoms with van der Waals surface area (Å²) in [6.45, 7) is 7.40. The molecule has 0 N–H and O–H groups in total. The van der Waals surface area contributed by atoms with E-state index in [2.05, 4.69) is 98.1 Å². The second-order valence-electron chi connectivity index (χ2n) is 7.27. The SMILES string of the molecule is Cc1ccc(-c2nc3ccccc3n2Cc2ccc(C(C)C)cc2)cc1. The first-order valence-electron chi connectivity index (χ1n) is 9.23. The zero-order valence-electron chi connectivity index (χ0n) is 15.6. The largest absolute Gasteiger partial charge is 0.319 e. The molecule has 0 radical (unpaired) electrons. The second kappa shape index (κ2) is 6.80. The summed E-state index contributed by atoms with van der Waals surface area (Å²) < 4.78 is 2.32. The third-order valence-electron chi connectivity index (χ3n) is 4.95. The quantitative estimate of drug-likeness (QED) is 0.433. The summed E-state index contributed by atoms with van der Waals surface area (Å²) in [6.07, 6.45) is 0. The predicted molar refractivity (Wildman–Crippen MR) is 110 cm³/mol. The van der Waals surface area contributed by atoms with Crippen LogP contribution in [0.25, 0.3) is 22.4 Å². The lowest BCUT2D eigenvalue weighted by Gasteiger charge is -2.11. The predicted octanol–water partition coefficient (Wildman–Crippen LogP) is 6.18. The van der Waals surface area contributed by atoms with Gasteiger partial charge in [0.25, 0.3) is 0 Å². The summed E-state index contributed by atoms with van der Waals surface area (Å²) in [5, 5.41) is 0. The number of hydrogen-bond acceptors (Lipinski definition) is 1. The molecule has 0 fully saturated rings. The van der Waals surface area contributed by atoms with Crippen LogP contribution < -0.4 is 0 Å². The van der Waals surface area contributed by atoms with E-state index < -0.39 is 0 Å². The van der Waals surface area contributed by atoms with Crippen LogP contribution in [0.5, 0.6) is 0 Å². The van der Waals surface area contributed by atoms with Crippen LogP contribution in [0.1, 0.15) is 36.5 Å². The highest BCUT2D eigenvalue weighted by Crippen LogP contribution is 2.26. The van der Waals surface area contributed by atoms with E-state index in [-0.39, 0.29) is 0 Å². The minimum absolute atomic E-state index is 0.557. The zero-order chi connectivity index (χ0) is 18.1. The van der Waals surface area contributed by atoms with Crippen LogP contribution in [0.3, 0.4) is 0 Å². The molecule has 1 heterocycles. The van der Waals surface area contributed by atoms with Crippen molar-refractivity contribution in [1.82, 2.24) is 9.55 Å². The third-order valence-corrected chi connectivity index (χ3v) is 4.95. The van der Waals surface area contributed by atoms with E-state index in [9.17, 15) is 0 Å². The van der Waals surface area contributed by atoms with Crippen molar-refractivity contribution in [2.45, 2.75) is 33.2 Å². The van der Waals surface area contributed by atoms with Crippen LogP contribution in [0.4, 0.5) is 0 Å². The van der Waals surface area contributed by atoms with Crippen molar-refractivity contribution in [3.63, 3.8) is 0 Å². The molecule has 0 aliphatic carbocycles. The van der Waals surface area contributed by atoms with Crippen molar-refractivity contribution >= 4 is 11.0 Å². The smallest absolute Gasteiger partial charge is 0.141 e. The summed E-state index contributed by atoms with van der Waals surface area (Å²) in [5.41, 5.74) is 7.32. The minimum Gasteiger partial charge on any atom is -0.319 e. The topological polar surface area (TPSA) is 17.8 Å². The minimum atomic E-state index is 0.557. The van der Waals surface area contributed by atoms with Gasteiger partial charge < -0.3 is 4.57 Å². The number of nitrogens with zero attached hydrogens (tertiary/aromatic N) is 2. The molecule has 2 nitrogen and oxygen atoms in total. The van der Waals surface area contributed by atoms with Crippen molar-refractivity contribution in [2.75, 3.05) is 0 Å². The highest BCUT2D eigenvalue weighted by atomic mass is 15.1. The Bertz CT molecular complexity index is 1020. The normalized spacial score (nSPS) is 11.4. The van der Waals surface area contributed by atoms with E-state index in [0.717, 1.165) is 23.4 Å². The van der Waals surface area contributed by atoms with Gasteiger partial charge in [0.05, 0.1) is 11.0 Å². The van der Waals surface area contributed by atoms with Crippen LogP contribution in [0.2, 0.25) is 0 Å². The number of hydrogen-bond donors (Lipinski definition) is 0. The fraction of sp³-hybridized carbons (Fsp3) is 0.208. The number of aryl methyl sites for hydroxylation is 1. The lowest BCUT2D eigenvalue weighted by atomic mass is 10.0. The van der Waals surface area contributed by atoms with Gasteiger partial charge in [0.15, 0.2) is 0 Å². The van der Waals surface area contributed by atoms with Gasteiger partial charge in [-0.15, -0.1) is 0 Å². The molecule has 1 aromatic heterocycles. The monoisotopic (exact) mass is 340 g/mol. The van der Waals surface area contributed by atoms with Crippen molar-refractivity contribution < 1.29 is 0 Å². The Kier molecular flexibility index (Phi) is 4.34. The molecule has 0 unspecified atom stereocenters. The highest BCUT2D eigenvalue weighted by molar-refractivity contribution is 5.80. The zero-order valence-corrected chi connectivity index (χ0v) is 15.6. The number of benzene rings is 3. The van der Waals surface area contributed by atoms with Gasteiger partial charge in [0.1, 0.15) is 5.82 Å². The lowest BCUT2D eigenvalue weighted by molar-refractivity contribution is 0.827. The first-order valence-corrected chi connectivity index (χ1v) is 9.23. The molecule has 130 valence electrons. The van der Waals surface area contributed by atoms with Crippen LogP contribution in [0, 0.1) is 6.92 Å². The van der Waals surface area contributed by atoms with E-state index in [4.69, 9.17) is 4.98 Å². The molecule has 26 heavy (non-hydrogen) atoms. The van der Waals surface area contributed by atoms with Crippen LogP contribution in [-0.2, 0) is 6.54 Å². The average molecular weight is 340 g/mol. The third kappa shape index (κ3) is 3.15. The van der Waals surface area contributed by atoms with Gasteiger partial charge in [0, 0.05) is 12.1 Å². The Labute approximate surface area is 155 Å². The maximum atomic E-state index is 4.92. The highest BCUT2D eigenvalue weighted by Gasteiger charge is 2.13. The van der Waals surface area contributed by atoms with Crippen LogP contribution in [0.15, 0.2) is 72.8 Å². The first kappa shape index (κ1) is 16.6. The summed E-state index contributed by atoms with van der Waals surface area (Å²) in [7, 11) is 0. The van der Waals surface area contributed by atoms with Gasteiger partial charge in [0.2, 0.25) is 0 Å². The number of imidazole rings is 1. The fourth-order valence-corrected chi connectivity index (χ4v) is 3.35. The van der Waals surface area contributed by atoms with E-state index in [1.165, 1.54) is 22.2 Å². The Morgan fingerprint density at radius 2 is 1.54 bits per heavy atom. The van der Waals surface area contributed by atoms with Crippen LogP contribution >= 0.6 is 0 Å². The summed E-state index contributed by atoms with van der Waals surface area (Å²) in [4.78, 5) is 4.92. The van der Waals surface area contributed by atoms with Crippen molar-refractivity contribution in [2.24, 2.45) is 0 Å². The fourth-order valence-electron chi connectivity index (χ4n) is 3.35. The van der Waals surface area contributed by atoms with Crippen LogP contribution in [-0.4, -0.2) is 9.55 Å². The second-order valence-corrected chi connectivity index (χ2v) is 7.27. The number of fused-ring (bicyclic) bond motifs is 1. The molecule has 4 rings (SSSR count). The standard InChI is InChI=1S/C24H24N2/c1-17(2)20-14-10-19(11-15-20)16-26-23-7-5-4-6-22(23)25-24(26)21-12-8-18(3)9-13-21/h4-15,17H,16H2,1-3H3. The number of aromatic nitrogens is 2. The van der Waals surface area contributed by atoms with Crippen molar-refractivity contribution in [1.29, 1.82) is 0 Å². The van der Waals surface area contributed by atoms with Gasteiger partial charge in [-0.25, -0.2) is 4.98 Å². The summed E-state index contributed by atoms with van der Waals surface area (Å²) in [5.74, 6) is 1.58. The lowest BCUT2D eigenvalue weighted by Crippen LogP contribution is -2.02. The summed E-state index contributed by atoms with van der Waals surface area (Å²) in [6, 6.07) is 26.0. The number of para-hydroxylation sites is 2. The molecule has 3 aromatic carbocycles. The molecular formula is C24H24N2. The molecular weight excluding hydrogens is 316 g/mol. The van der Waals surface area contributed by atoms with E-state index in [0.29, 0.717) is 5.92 Å². The summed E-state index contributed by atoms with van der Waals surface area (Å²) >= 11 is 0. The Hall–Kier alpha value is -2.87. The van der Waals surface area contributed by atoms with Crippen molar-refractivity contribution in [3.8, 4) is 11.4 Å². The Morgan fingerprint density at radius 1 is 0.846 bits per heavy atom. The van der Waals surface area contributed by atoms with Gasteiger partial charge in [-0.05, 0) is 36.1 Å². The number of rotatable bonds is 4. The van der Waals surface area contributed by atoms with Gasteiger partial charge in [-0.3, -0.25) is 0 Å². The molecule has 0 saturated heterocycles. The maximum absolute atomic E-state index is 4.92. The maximum Gasteiger partial charge on any atom is 0.141 e. The van der Waals surface area contributed by atoms with Gasteiger partial charge >= 0.3 is 0 Å². The molecule has 2 heteroatoms. The van der Waals surface area contributed by atoms with E-state index in [1.54, 1.807) is 0 Å². The molecule has 0 aliphatic rings. The first-order chi connectivity index (χ1) is 12.6.